The SMILES string of the molecule is Cc1cc(OC2=CC=CCC2C)cc(C)c1NC(=O)Nc1ccc(C(F)(F)F)cc1. The smallest absolute Gasteiger partial charge is 0.416 e. The Bertz CT molecular complexity index is 969. The van der Waals surface area contributed by atoms with Gasteiger partial charge >= 0.3 is 12.2 Å². The number of halogens is 3. The van der Waals surface area contributed by atoms with Gasteiger partial charge in [-0.25, -0.2) is 4.79 Å². The average Bonchev–Trinajstić information content (AvgIpc) is 2.66. The van der Waals surface area contributed by atoms with E-state index in [0.29, 0.717) is 17.4 Å². The predicted molar refractivity (Wildman–Crippen MR) is 112 cm³/mol. The van der Waals surface area contributed by atoms with E-state index in [2.05, 4.69) is 23.6 Å². The standard InChI is InChI=1S/C23H23F3N2O2/c1-14-6-4-5-7-20(14)30-19-12-15(2)21(16(3)13-19)28-22(29)27-18-10-8-17(9-11-18)23(24,25)26/h4-5,7-14H,6H2,1-3H3,(H2,27,28,29). The van der Waals surface area contributed by atoms with Crippen molar-refractivity contribution >= 4 is 17.4 Å². The summed E-state index contributed by atoms with van der Waals surface area (Å²) >= 11 is 0. The zero-order chi connectivity index (χ0) is 21.9. The van der Waals surface area contributed by atoms with E-state index in [9.17, 15) is 18.0 Å². The molecule has 1 unspecified atom stereocenters. The molecule has 0 saturated heterocycles. The quantitative estimate of drug-likeness (QED) is 0.574. The van der Waals surface area contributed by atoms with E-state index >= 15 is 0 Å². The van der Waals surface area contributed by atoms with Crippen LogP contribution in [0, 0.1) is 19.8 Å². The van der Waals surface area contributed by atoms with Gasteiger partial charge in [-0.2, -0.15) is 13.2 Å². The highest BCUT2D eigenvalue weighted by Gasteiger charge is 2.30. The first-order valence-corrected chi connectivity index (χ1v) is 9.54. The number of allylic oxidation sites excluding steroid dienone is 4. The molecule has 7 heteroatoms. The molecule has 0 fully saturated rings. The summed E-state index contributed by atoms with van der Waals surface area (Å²) in [6, 6.07) is 7.42. The average molecular weight is 416 g/mol. The van der Waals surface area contributed by atoms with Crippen molar-refractivity contribution in [1.29, 1.82) is 0 Å². The molecule has 2 aromatic rings. The molecular weight excluding hydrogens is 393 g/mol. The Morgan fingerprint density at radius 1 is 1.07 bits per heavy atom. The molecule has 2 aromatic carbocycles. The molecule has 4 nitrogen and oxygen atoms in total. The number of benzene rings is 2. The Labute approximate surface area is 173 Å². The highest BCUT2D eigenvalue weighted by Crippen LogP contribution is 2.31. The molecule has 0 aromatic heterocycles. The lowest BCUT2D eigenvalue weighted by molar-refractivity contribution is -0.137. The molecule has 0 aliphatic heterocycles. The zero-order valence-electron chi connectivity index (χ0n) is 16.9. The van der Waals surface area contributed by atoms with E-state index in [1.807, 2.05) is 38.1 Å². The summed E-state index contributed by atoms with van der Waals surface area (Å²) in [5.41, 5.74) is 1.74. The number of anilines is 2. The molecule has 0 spiro atoms. The van der Waals surface area contributed by atoms with E-state index in [1.165, 1.54) is 12.1 Å². The van der Waals surface area contributed by atoms with Crippen LogP contribution in [0.25, 0.3) is 0 Å². The number of alkyl halides is 3. The van der Waals surface area contributed by atoms with Crippen LogP contribution in [-0.2, 0) is 6.18 Å². The maximum Gasteiger partial charge on any atom is 0.416 e. The monoisotopic (exact) mass is 416 g/mol. The van der Waals surface area contributed by atoms with E-state index in [-0.39, 0.29) is 5.69 Å². The molecule has 1 aliphatic rings. The fourth-order valence-corrected chi connectivity index (χ4v) is 3.19. The van der Waals surface area contributed by atoms with Crippen LogP contribution in [-0.4, -0.2) is 6.03 Å². The fraction of sp³-hybridized carbons (Fsp3) is 0.261. The first-order valence-electron chi connectivity index (χ1n) is 9.54. The minimum absolute atomic E-state index is 0.266. The molecular formula is C23H23F3N2O2. The van der Waals surface area contributed by atoms with Gasteiger partial charge in [0.05, 0.1) is 5.56 Å². The van der Waals surface area contributed by atoms with Crippen molar-refractivity contribution < 1.29 is 22.7 Å². The first-order chi connectivity index (χ1) is 14.1. The normalized spacial score (nSPS) is 16.1. The van der Waals surface area contributed by atoms with Gasteiger partial charge in [0, 0.05) is 17.3 Å². The summed E-state index contributed by atoms with van der Waals surface area (Å²) in [6.45, 7) is 5.80. The van der Waals surface area contributed by atoms with Gasteiger partial charge in [0.1, 0.15) is 11.5 Å². The van der Waals surface area contributed by atoms with Crippen LogP contribution < -0.4 is 15.4 Å². The molecule has 0 bridgehead atoms. The summed E-state index contributed by atoms with van der Waals surface area (Å²) in [5.74, 6) is 1.87. The lowest BCUT2D eigenvalue weighted by Crippen LogP contribution is -2.20. The second-order valence-electron chi connectivity index (χ2n) is 7.32. The van der Waals surface area contributed by atoms with Crippen molar-refractivity contribution in [3.8, 4) is 5.75 Å². The Morgan fingerprint density at radius 3 is 2.27 bits per heavy atom. The third kappa shape index (κ3) is 5.23. The molecule has 3 rings (SSSR count). The second-order valence-corrected chi connectivity index (χ2v) is 7.32. The number of amides is 2. The maximum atomic E-state index is 12.6. The Hall–Kier alpha value is -3.22. The largest absolute Gasteiger partial charge is 0.461 e. The van der Waals surface area contributed by atoms with Crippen molar-refractivity contribution in [2.75, 3.05) is 10.6 Å². The van der Waals surface area contributed by atoms with Gasteiger partial charge in [-0.15, -0.1) is 0 Å². The van der Waals surface area contributed by atoms with Crippen LogP contribution in [0.4, 0.5) is 29.3 Å². The van der Waals surface area contributed by atoms with Crippen LogP contribution >= 0.6 is 0 Å². The third-order valence-corrected chi connectivity index (χ3v) is 4.82. The van der Waals surface area contributed by atoms with Crippen LogP contribution in [0.5, 0.6) is 5.75 Å². The van der Waals surface area contributed by atoms with Gasteiger partial charge < -0.3 is 15.4 Å². The highest BCUT2D eigenvalue weighted by atomic mass is 19.4. The van der Waals surface area contributed by atoms with Gasteiger partial charge in [0.2, 0.25) is 0 Å². The van der Waals surface area contributed by atoms with E-state index in [0.717, 1.165) is 35.4 Å². The molecule has 1 aliphatic carbocycles. The fourth-order valence-electron chi connectivity index (χ4n) is 3.19. The maximum absolute atomic E-state index is 12.6. The van der Waals surface area contributed by atoms with Gasteiger partial charge in [-0.05, 0) is 73.9 Å². The number of rotatable bonds is 4. The molecule has 30 heavy (non-hydrogen) atoms. The zero-order valence-corrected chi connectivity index (χ0v) is 16.9. The second kappa shape index (κ2) is 8.65. The molecule has 0 radical (unpaired) electrons. The van der Waals surface area contributed by atoms with Gasteiger partial charge in [0.25, 0.3) is 0 Å². The Morgan fingerprint density at radius 2 is 1.70 bits per heavy atom. The highest BCUT2D eigenvalue weighted by molar-refractivity contribution is 6.00. The van der Waals surface area contributed by atoms with E-state index < -0.39 is 17.8 Å². The summed E-state index contributed by atoms with van der Waals surface area (Å²) in [4.78, 5) is 12.3. The van der Waals surface area contributed by atoms with Crippen LogP contribution in [0.15, 0.2) is 60.4 Å². The molecule has 2 N–H and O–H groups in total. The molecule has 2 amide bonds. The Balaban J connectivity index is 1.68. The van der Waals surface area contributed by atoms with Crippen molar-refractivity contribution in [2.45, 2.75) is 33.4 Å². The van der Waals surface area contributed by atoms with E-state index in [4.69, 9.17) is 4.74 Å². The lowest BCUT2D eigenvalue weighted by atomic mass is 10.0. The van der Waals surface area contributed by atoms with Crippen LogP contribution in [0.2, 0.25) is 0 Å². The molecule has 158 valence electrons. The molecule has 0 saturated carbocycles. The van der Waals surface area contributed by atoms with Gasteiger partial charge in [-0.1, -0.05) is 19.1 Å². The number of urea groups is 1. The number of carbonyl (C=O) groups excluding carboxylic acids is 1. The topological polar surface area (TPSA) is 50.4 Å². The number of hydrogen-bond donors (Lipinski definition) is 2. The van der Waals surface area contributed by atoms with Crippen LogP contribution in [0.1, 0.15) is 30.0 Å². The van der Waals surface area contributed by atoms with Gasteiger partial charge in [0.15, 0.2) is 0 Å². The van der Waals surface area contributed by atoms with Crippen LogP contribution in [0.3, 0.4) is 0 Å². The minimum atomic E-state index is -4.42. The van der Waals surface area contributed by atoms with E-state index in [1.54, 1.807) is 0 Å². The summed E-state index contributed by atoms with van der Waals surface area (Å²) in [6.07, 6.45) is 2.52. The lowest BCUT2D eigenvalue weighted by Gasteiger charge is -2.20. The summed E-state index contributed by atoms with van der Waals surface area (Å²) in [7, 11) is 0. The molecule has 1 atom stereocenters. The number of carbonyl (C=O) groups is 1. The minimum Gasteiger partial charge on any atom is -0.461 e. The number of hydrogen-bond acceptors (Lipinski definition) is 2. The van der Waals surface area contributed by atoms with Gasteiger partial charge in [-0.3, -0.25) is 0 Å². The summed E-state index contributed by atoms with van der Waals surface area (Å²) in [5, 5.41) is 5.30. The van der Waals surface area contributed by atoms with Crippen molar-refractivity contribution in [3.63, 3.8) is 0 Å². The number of aryl methyl sites for hydroxylation is 2. The predicted octanol–water partition coefficient (Wildman–Crippen LogP) is 6.82. The van der Waals surface area contributed by atoms with Crippen molar-refractivity contribution in [1.82, 2.24) is 0 Å². The third-order valence-electron chi connectivity index (χ3n) is 4.82. The molecule has 0 heterocycles. The van der Waals surface area contributed by atoms with Crippen molar-refractivity contribution in [2.24, 2.45) is 5.92 Å². The van der Waals surface area contributed by atoms with Crippen molar-refractivity contribution in [3.05, 3.63) is 77.1 Å². The number of ether oxygens (including phenoxy) is 1. The first kappa shape index (κ1) is 21.5. The Kier molecular flexibility index (Phi) is 6.20. The number of nitrogens with one attached hydrogen (secondary N) is 2. The summed E-state index contributed by atoms with van der Waals surface area (Å²) < 4.78 is 43.9.